The molecule has 1 N–H and O–H groups in total. The zero-order chi connectivity index (χ0) is 21.4. The van der Waals surface area contributed by atoms with E-state index in [4.69, 9.17) is 27.6 Å². The highest BCUT2D eigenvalue weighted by Crippen LogP contribution is 2.41. The van der Waals surface area contributed by atoms with E-state index < -0.39 is 17.7 Å². The van der Waals surface area contributed by atoms with Crippen LogP contribution in [0, 0.1) is 6.92 Å². The van der Waals surface area contributed by atoms with Gasteiger partial charge in [-0.3, -0.25) is 14.6 Å². The lowest BCUT2D eigenvalue weighted by molar-refractivity contribution is -0.140. The molecule has 0 saturated carbocycles. The lowest BCUT2D eigenvalue weighted by atomic mass is 9.99. The van der Waals surface area contributed by atoms with Gasteiger partial charge in [0.25, 0.3) is 11.7 Å². The number of aliphatic hydroxyl groups is 1. The van der Waals surface area contributed by atoms with Gasteiger partial charge in [-0.25, -0.2) is 0 Å². The van der Waals surface area contributed by atoms with Gasteiger partial charge in [0.2, 0.25) is 0 Å². The number of ketones is 1. The highest BCUT2D eigenvalue weighted by molar-refractivity contribution is 6.46. The second kappa shape index (κ2) is 7.97. The Bertz CT molecular complexity index is 1170. The second-order valence-corrected chi connectivity index (χ2v) is 7.67. The van der Waals surface area contributed by atoms with Crippen molar-refractivity contribution in [2.75, 3.05) is 0 Å². The van der Waals surface area contributed by atoms with Gasteiger partial charge in [0, 0.05) is 24.5 Å². The summed E-state index contributed by atoms with van der Waals surface area (Å²) >= 11 is 12.0. The van der Waals surface area contributed by atoms with Crippen LogP contribution in [-0.2, 0) is 16.1 Å². The van der Waals surface area contributed by atoms with Crippen LogP contribution in [0.3, 0.4) is 0 Å². The molecule has 1 amide bonds. The fraction of sp³-hybridized carbons (Fsp3) is 0.136. The molecule has 1 aromatic carbocycles. The number of nitrogens with zero attached hydrogens (tertiary/aromatic N) is 2. The first-order valence-electron chi connectivity index (χ1n) is 9.06. The minimum atomic E-state index is -0.888. The van der Waals surface area contributed by atoms with Crippen molar-refractivity contribution in [3.05, 3.63) is 93.1 Å². The zero-order valence-corrected chi connectivity index (χ0v) is 17.3. The first-order chi connectivity index (χ1) is 14.4. The maximum atomic E-state index is 12.9. The third-order valence-electron chi connectivity index (χ3n) is 4.87. The van der Waals surface area contributed by atoms with Gasteiger partial charge in [0.05, 0.1) is 15.6 Å². The van der Waals surface area contributed by atoms with E-state index >= 15 is 0 Å². The molecule has 3 aromatic rings. The maximum absolute atomic E-state index is 12.9. The molecule has 30 heavy (non-hydrogen) atoms. The number of hydrogen-bond acceptors (Lipinski definition) is 5. The van der Waals surface area contributed by atoms with Crippen molar-refractivity contribution in [2.45, 2.75) is 19.5 Å². The predicted octanol–water partition coefficient (Wildman–Crippen LogP) is 4.91. The van der Waals surface area contributed by atoms with E-state index in [1.807, 2.05) is 0 Å². The quantitative estimate of drug-likeness (QED) is 0.352. The van der Waals surface area contributed by atoms with Crippen LogP contribution < -0.4 is 0 Å². The van der Waals surface area contributed by atoms with Gasteiger partial charge in [-0.05, 0) is 55.0 Å². The topological polar surface area (TPSA) is 83.6 Å². The normalized spacial score (nSPS) is 18.2. The lowest BCUT2D eigenvalue weighted by Crippen LogP contribution is -2.29. The lowest BCUT2D eigenvalue weighted by Gasteiger charge is -2.23. The highest BCUT2D eigenvalue weighted by atomic mass is 35.5. The molecule has 4 rings (SSSR count). The number of likely N-dealkylation sites (tertiary alicyclic amines) is 1. The SMILES string of the molecule is Cc1ccc(C2/C(=C(/O)c3ccc(Cl)c(Cl)c3)C(=O)C(=O)N2Cc2ccncc2)o1. The number of carbonyl (C=O) groups is 2. The Balaban J connectivity index is 1.86. The number of halogens is 2. The van der Waals surface area contributed by atoms with Gasteiger partial charge < -0.3 is 14.4 Å². The molecule has 152 valence electrons. The van der Waals surface area contributed by atoms with Crippen molar-refractivity contribution in [2.24, 2.45) is 0 Å². The third-order valence-corrected chi connectivity index (χ3v) is 5.60. The predicted molar refractivity (Wildman–Crippen MR) is 112 cm³/mol. The maximum Gasteiger partial charge on any atom is 0.296 e. The number of rotatable bonds is 4. The summed E-state index contributed by atoms with van der Waals surface area (Å²) in [4.78, 5) is 31.2. The number of aliphatic hydroxyl groups excluding tert-OH is 1. The summed E-state index contributed by atoms with van der Waals surface area (Å²) in [5, 5.41) is 11.5. The molecule has 3 heterocycles. The van der Waals surface area contributed by atoms with Gasteiger partial charge in [0.15, 0.2) is 0 Å². The molecule has 0 spiro atoms. The van der Waals surface area contributed by atoms with E-state index in [2.05, 4.69) is 4.98 Å². The Morgan fingerprint density at radius 1 is 1.10 bits per heavy atom. The van der Waals surface area contributed by atoms with E-state index in [1.165, 1.54) is 23.1 Å². The summed E-state index contributed by atoms with van der Waals surface area (Å²) in [6.07, 6.45) is 3.21. The molecule has 1 fully saturated rings. The van der Waals surface area contributed by atoms with Gasteiger partial charge in [0.1, 0.15) is 23.3 Å². The fourth-order valence-corrected chi connectivity index (χ4v) is 3.72. The number of furan rings is 1. The first kappa shape index (κ1) is 20.2. The van der Waals surface area contributed by atoms with Crippen molar-refractivity contribution in [3.8, 4) is 0 Å². The largest absolute Gasteiger partial charge is 0.507 e. The number of aryl methyl sites for hydroxylation is 1. The van der Waals surface area contributed by atoms with Crippen LogP contribution in [0.4, 0.5) is 0 Å². The highest BCUT2D eigenvalue weighted by Gasteiger charge is 2.47. The van der Waals surface area contributed by atoms with Crippen LogP contribution in [0.2, 0.25) is 10.0 Å². The summed E-state index contributed by atoms with van der Waals surface area (Å²) in [7, 11) is 0. The molecule has 0 bridgehead atoms. The van der Waals surface area contributed by atoms with E-state index in [9.17, 15) is 14.7 Å². The minimum absolute atomic E-state index is 0.0678. The summed E-state index contributed by atoms with van der Waals surface area (Å²) in [5.41, 5.74) is 0.996. The van der Waals surface area contributed by atoms with Crippen molar-refractivity contribution in [1.29, 1.82) is 0 Å². The molecule has 1 aliphatic rings. The third kappa shape index (κ3) is 3.60. The van der Waals surface area contributed by atoms with E-state index in [-0.39, 0.29) is 28.5 Å². The Kier molecular flexibility index (Phi) is 5.37. The molecule has 1 unspecified atom stereocenters. The fourth-order valence-electron chi connectivity index (χ4n) is 3.42. The van der Waals surface area contributed by atoms with Gasteiger partial charge in [-0.15, -0.1) is 0 Å². The standard InChI is InChI=1S/C22H16Cl2N2O4/c1-12-2-5-17(30-12)19-18(20(27)14-3-4-15(23)16(24)10-14)21(28)22(29)26(19)11-13-6-8-25-9-7-13/h2-10,19,27H,11H2,1H3/b20-18-. The van der Waals surface area contributed by atoms with Gasteiger partial charge in [-0.1, -0.05) is 23.2 Å². The van der Waals surface area contributed by atoms with E-state index in [1.54, 1.807) is 43.6 Å². The summed E-state index contributed by atoms with van der Waals surface area (Å²) < 4.78 is 5.74. The minimum Gasteiger partial charge on any atom is -0.507 e. The van der Waals surface area contributed by atoms with Crippen molar-refractivity contribution < 1.29 is 19.1 Å². The summed E-state index contributed by atoms with van der Waals surface area (Å²) in [6, 6.07) is 10.5. The molecule has 0 aliphatic carbocycles. The van der Waals surface area contributed by atoms with Crippen molar-refractivity contribution in [1.82, 2.24) is 9.88 Å². The van der Waals surface area contributed by atoms with Crippen LogP contribution in [-0.4, -0.2) is 26.7 Å². The Morgan fingerprint density at radius 3 is 2.47 bits per heavy atom. The molecule has 1 atom stereocenters. The number of amides is 1. The van der Waals surface area contributed by atoms with Crippen LogP contribution in [0.25, 0.3) is 5.76 Å². The number of benzene rings is 1. The summed E-state index contributed by atoms with van der Waals surface area (Å²) in [6.45, 7) is 1.91. The van der Waals surface area contributed by atoms with Crippen LogP contribution in [0.5, 0.6) is 0 Å². The van der Waals surface area contributed by atoms with Crippen LogP contribution in [0.1, 0.15) is 28.7 Å². The molecule has 0 radical (unpaired) electrons. The number of Topliss-reactive ketones (excluding diaryl/α,β-unsaturated/α-hetero) is 1. The number of carbonyl (C=O) groups excluding carboxylic acids is 2. The monoisotopic (exact) mass is 442 g/mol. The van der Waals surface area contributed by atoms with Crippen LogP contribution in [0.15, 0.2) is 64.8 Å². The van der Waals surface area contributed by atoms with Gasteiger partial charge >= 0.3 is 0 Å². The first-order valence-corrected chi connectivity index (χ1v) is 9.81. The Morgan fingerprint density at radius 2 is 1.83 bits per heavy atom. The number of pyridine rings is 1. The molecule has 1 saturated heterocycles. The van der Waals surface area contributed by atoms with Gasteiger partial charge in [-0.2, -0.15) is 0 Å². The van der Waals surface area contributed by atoms with Crippen molar-refractivity contribution >= 4 is 40.7 Å². The number of hydrogen-bond donors (Lipinski definition) is 1. The Hall–Kier alpha value is -3.09. The van der Waals surface area contributed by atoms with Crippen LogP contribution >= 0.6 is 23.2 Å². The average Bonchev–Trinajstić information content (AvgIpc) is 3.26. The molecule has 1 aliphatic heterocycles. The zero-order valence-electron chi connectivity index (χ0n) is 15.8. The molecule has 8 heteroatoms. The van der Waals surface area contributed by atoms with E-state index in [0.717, 1.165) is 5.56 Å². The Labute approximate surface area is 182 Å². The second-order valence-electron chi connectivity index (χ2n) is 6.86. The summed E-state index contributed by atoms with van der Waals surface area (Å²) in [5.74, 6) is -0.876. The molecule has 6 nitrogen and oxygen atoms in total. The molecular formula is C22H16Cl2N2O4. The van der Waals surface area contributed by atoms with Crippen molar-refractivity contribution in [3.63, 3.8) is 0 Å². The smallest absolute Gasteiger partial charge is 0.296 e. The van der Waals surface area contributed by atoms with E-state index in [0.29, 0.717) is 16.5 Å². The molecule has 2 aromatic heterocycles. The average molecular weight is 443 g/mol. The molecular weight excluding hydrogens is 427 g/mol. The number of aromatic nitrogens is 1.